The number of guanidine groups is 1. The van der Waals surface area contributed by atoms with Crippen LogP contribution in [0.4, 0.5) is 0 Å². The van der Waals surface area contributed by atoms with E-state index >= 15 is 0 Å². The molecule has 0 aliphatic carbocycles. The van der Waals surface area contributed by atoms with Crippen LogP contribution in [0, 0.1) is 5.92 Å². The molecule has 16 heavy (non-hydrogen) atoms. The fourth-order valence-electron chi connectivity index (χ4n) is 1.82. The molecule has 0 aromatic rings. The molecule has 1 atom stereocenters. The molecular formula is C11H24IN3O. The molecule has 5 heteroatoms. The fourth-order valence-corrected chi connectivity index (χ4v) is 1.82. The van der Waals surface area contributed by atoms with Gasteiger partial charge in [0, 0.05) is 39.7 Å². The van der Waals surface area contributed by atoms with Crippen LogP contribution in [0.25, 0.3) is 0 Å². The summed E-state index contributed by atoms with van der Waals surface area (Å²) in [7, 11) is 3.92. The van der Waals surface area contributed by atoms with Crippen LogP contribution in [0.2, 0.25) is 0 Å². The molecule has 1 fully saturated rings. The van der Waals surface area contributed by atoms with E-state index in [4.69, 9.17) is 4.74 Å². The van der Waals surface area contributed by atoms with Crippen molar-refractivity contribution in [2.75, 3.05) is 40.4 Å². The minimum Gasteiger partial charge on any atom is -0.381 e. The maximum atomic E-state index is 5.37. The molecule has 1 N–H and O–H groups in total. The largest absolute Gasteiger partial charge is 0.381 e. The van der Waals surface area contributed by atoms with Crippen molar-refractivity contribution in [3.05, 3.63) is 0 Å². The van der Waals surface area contributed by atoms with Gasteiger partial charge in [0.2, 0.25) is 0 Å². The predicted octanol–water partition coefficient (Wildman–Crippen LogP) is 1.56. The molecule has 0 aromatic carbocycles. The first-order valence-electron chi connectivity index (χ1n) is 5.77. The van der Waals surface area contributed by atoms with E-state index in [0.29, 0.717) is 5.92 Å². The van der Waals surface area contributed by atoms with Crippen LogP contribution in [0.3, 0.4) is 0 Å². The van der Waals surface area contributed by atoms with Crippen LogP contribution in [0.5, 0.6) is 0 Å². The van der Waals surface area contributed by atoms with Gasteiger partial charge in [-0.1, -0.05) is 6.92 Å². The highest BCUT2D eigenvalue weighted by Gasteiger charge is 2.18. The van der Waals surface area contributed by atoms with Gasteiger partial charge in [0.25, 0.3) is 0 Å². The average molecular weight is 341 g/mol. The second kappa shape index (κ2) is 9.04. The third-order valence-electron chi connectivity index (χ3n) is 2.66. The molecule has 1 unspecified atom stereocenters. The summed E-state index contributed by atoms with van der Waals surface area (Å²) in [6, 6.07) is 0. The number of hydrogen-bond acceptors (Lipinski definition) is 2. The van der Waals surface area contributed by atoms with Crippen LogP contribution in [0.1, 0.15) is 19.8 Å². The van der Waals surface area contributed by atoms with Gasteiger partial charge in [0.1, 0.15) is 0 Å². The molecule has 1 saturated heterocycles. The second-order valence-corrected chi connectivity index (χ2v) is 4.08. The monoisotopic (exact) mass is 341 g/mol. The van der Waals surface area contributed by atoms with Crippen molar-refractivity contribution in [1.29, 1.82) is 0 Å². The highest BCUT2D eigenvalue weighted by molar-refractivity contribution is 14.0. The van der Waals surface area contributed by atoms with Crippen molar-refractivity contribution < 1.29 is 4.74 Å². The minimum atomic E-state index is 0. The zero-order valence-electron chi connectivity index (χ0n) is 10.5. The molecule has 1 aliphatic heterocycles. The number of ether oxygens (including phenoxy) is 1. The van der Waals surface area contributed by atoms with E-state index in [9.17, 15) is 0 Å². The molecule has 0 saturated carbocycles. The van der Waals surface area contributed by atoms with Gasteiger partial charge in [-0.05, 0) is 12.8 Å². The van der Waals surface area contributed by atoms with Gasteiger partial charge in [0.15, 0.2) is 5.96 Å². The molecular weight excluding hydrogens is 317 g/mol. The van der Waals surface area contributed by atoms with E-state index in [1.54, 1.807) is 0 Å². The SMILES string of the molecule is CCCNC(=NC)N(C)CC1CCOC1.I. The first kappa shape index (κ1) is 16.0. The van der Waals surface area contributed by atoms with Gasteiger partial charge >= 0.3 is 0 Å². The molecule has 0 radical (unpaired) electrons. The Bertz CT molecular complexity index is 205. The Kier molecular flexibility index (Phi) is 9.02. The van der Waals surface area contributed by atoms with Crippen LogP contribution in [0.15, 0.2) is 4.99 Å². The smallest absolute Gasteiger partial charge is 0.193 e. The lowest BCUT2D eigenvalue weighted by Gasteiger charge is -2.24. The summed E-state index contributed by atoms with van der Waals surface area (Å²) in [6.07, 6.45) is 2.30. The van der Waals surface area contributed by atoms with Crippen molar-refractivity contribution >= 4 is 29.9 Å². The summed E-state index contributed by atoms with van der Waals surface area (Å²) in [6.45, 7) is 5.99. The van der Waals surface area contributed by atoms with Crippen LogP contribution in [-0.4, -0.2) is 51.3 Å². The molecule has 0 spiro atoms. The minimum absolute atomic E-state index is 0. The zero-order chi connectivity index (χ0) is 11.1. The lowest BCUT2D eigenvalue weighted by atomic mass is 10.1. The Morgan fingerprint density at radius 3 is 2.81 bits per heavy atom. The summed E-state index contributed by atoms with van der Waals surface area (Å²) < 4.78 is 5.37. The Labute approximate surface area is 116 Å². The Hall–Kier alpha value is -0.0400. The summed E-state index contributed by atoms with van der Waals surface area (Å²) in [5.74, 6) is 1.65. The first-order valence-corrected chi connectivity index (χ1v) is 5.77. The fraction of sp³-hybridized carbons (Fsp3) is 0.909. The van der Waals surface area contributed by atoms with E-state index in [2.05, 4.69) is 29.2 Å². The van der Waals surface area contributed by atoms with E-state index < -0.39 is 0 Å². The van der Waals surface area contributed by atoms with E-state index in [1.807, 2.05) is 7.05 Å². The average Bonchev–Trinajstić information content (AvgIpc) is 2.71. The molecule has 1 rings (SSSR count). The third kappa shape index (κ3) is 5.34. The lowest BCUT2D eigenvalue weighted by Crippen LogP contribution is -2.41. The molecule has 0 amide bonds. The summed E-state index contributed by atoms with van der Waals surface area (Å²) in [4.78, 5) is 6.45. The van der Waals surface area contributed by atoms with Gasteiger partial charge < -0.3 is 15.0 Å². The second-order valence-electron chi connectivity index (χ2n) is 4.08. The summed E-state index contributed by atoms with van der Waals surface area (Å²) in [5, 5.41) is 3.33. The van der Waals surface area contributed by atoms with Gasteiger partial charge in [-0.2, -0.15) is 0 Å². The number of aliphatic imine (C=N–C) groups is 1. The van der Waals surface area contributed by atoms with Gasteiger partial charge in [-0.15, -0.1) is 24.0 Å². The summed E-state index contributed by atoms with van der Waals surface area (Å²) in [5.41, 5.74) is 0. The Balaban J connectivity index is 0.00000225. The molecule has 1 aliphatic rings. The zero-order valence-corrected chi connectivity index (χ0v) is 12.9. The van der Waals surface area contributed by atoms with Crippen molar-refractivity contribution in [3.8, 4) is 0 Å². The standard InChI is InChI=1S/C11H23N3O.HI/c1-4-6-13-11(12-2)14(3)8-10-5-7-15-9-10;/h10H,4-9H2,1-3H3,(H,12,13);1H. The van der Waals surface area contributed by atoms with E-state index in [0.717, 1.165) is 38.7 Å². The van der Waals surface area contributed by atoms with Crippen LogP contribution >= 0.6 is 24.0 Å². The third-order valence-corrected chi connectivity index (χ3v) is 2.66. The highest BCUT2D eigenvalue weighted by atomic mass is 127. The van der Waals surface area contributed by atoms with Crippen molar-refractivity contribution in [1.82, 2.24) is 10.2 Å². The Morgan fingerprint density at radius 1 is 1.56 bits per heavy atom. The Morgan fingerprint density at radius 2 is 2.31 bits per heavy atom. The lowest BCUT2D eigenvalue weighted by molar-refractivity contribution is 0.181. The number of rotatable bonds is 4. The van der Waals surface area contributed by atoms with Crippen molar-refractivity contribution in [2.24, 2.45) is 10.9 Å². The summed E-state index contributed by atoms with van der Waals surface area (Å²) >= 11 is 0. The molecule has 4 nitrogen and oxygen atoms in total. The number of halogens is 1. The maximum absolute atomic E-state index is 5.37. The molecule has 0 bridgehead atoms. The number of nitrogens with one attached hydrogen (secondary N) is 1. The molecule has 0 aromatic heterocycles. The van der Waals surface area contributed by atoms with Gasteiger partial charge in [-0.3, -0.25) is 4.99 Å². The van der Waals surface area contributed by atoms with Crippen molar-refractivity contribution in [2.45, 2.75) is 19.8 Å². The van der Waals surface area contributed by atoms with Gasteiger partial charge in [-0.25, -0.2) is 0 Å². The highest BCUT2D eigenvalue weighted by Crippen LogP contribution is 2.13. The van der Waals surface area contributed by atoms with E-state index in [1.165, 1.54) is 6.42 Å². The van der Waals surface area contributed by atoms with Gasteiger partial charge in [0.05, 0.1) is 6.61 Å². The van der Waals surface area contributed by atoms with Crippen LogP contribution < -0.4 is 5.32 Å². The molecule has 96 valence electrons. The van der Waals surface area contributed by atoms with E-state index in [-0.39, 0.29) is 24.0 Å². The first-order chi connectivity index (χ1) is 7.27. The number of nitrogens with zero attached hydrogens (tertiary/aromatic N) is 2. The van der Waals surface area contributed by atoms with Crippen LogP contribution in [-0.2, 0) is 4.74 Å². The topological polar surface area (TPSA) is 36.9 Å². The number of hydrogen-bond donors (Lipinski definition) is 1. The normalized spacial score (nSPS) is 20.4. The maximum Gasteiger partial charge on any atom is 0.193 e. The van der Waals surface area contributed by atoms with Crippen molar-refractivity contribution in [3.63, 3.8) is 0 Å². The quantitative estimate of drug-likeness (QED) is 0.479. The molecule has 1 heterocycles. The predicted molar refractivity (Wildman–Crippen MR) is 78.6 cm³/mol.